The van der Waals surface area contributed by atoms with Crippen LogP contribution in [0.5, 0.6) is 0 Å². The number of hydrogen-bond acceptors (Lipinski definition) is 4. The molecule has 3 aromatic rings. The van der Waals surface area contributed by atoms with E-state index in [0.29, 0.717) is 0 Å². The predicted octanol–water partition coefficient (Wildman–Crippen LogP) is 7.39. The number of aromatic carboxylic acids is 2. The first kappa shape index (κ1) is 35.5. The number of carboxylic acid groups (broad SMARTS) is 2. The third kappa shape index (κ3) is 14.7. The van der Waals surface area contributed by atoms with Crippen molar-refractivity contribution in [3.8, 4) is 0 Å². The molecule has 0 radical (unpaired) electrons. The van der Waals surface area contributed by atoms with Gasteiger partial charge in [-0.15, -0.1) is 0 Å². The van der Waals surface area contributed by atoms with Gasteiger partial charge in [0.2, 0.25) is 0 Å². The highest BCUT2D eigenvalue weighted by molar-refractivity contribution is 9.08. The summed E-state index contributed by atoms with van der Waals surface area (Å²) in [5.41, 5.74) is 7.07. The fraction of sp³-hybridized carbons (Fsp3) is 0.310. The maximum atomic E-state index is 11.6. The van der Waals surface area contributed by atoms with Crippen LogP contribution in [-0.4, -0.2) is 45.3 Å². The summed E-state index contributed by atoms with van der Waals surface area (Å²) in [4.78, 5) is 38.9. The van der Waals surface area contributed by atoms with Gasteiger partial charge in [0.15, 0.2) is 0 Å². The Morgan fingerprint density at radius 3 is 1.27 bits per heavy atom. The Bertz CT molecular complexity index is 1370. The van der Waals surface area contributed by atoms with E-state index in [9.17, 15) is 18.7 Å². The van der Waals surface area contributed by atoms with Crippen molar-refractivity contribution in [2.75, 3.05) is 13.3 Å². The van der Waals surface area contributed by atoms with Crippen molar-refractivity contribution in [1.82, 2.24) is 0 Å². The highest BCUT2D eigenvalue weighted by Crippen LogP contribution is 2.40. The molecule has 0 fully saturated rings. The van der Waals surface area contributed by atoms with Gasteiger partial charge in [-0.25, -0.2) is 9.59 Å². The SMILES string of the molecule is Cc1cc(C)cc(CBr)c1.Cc1cc(C)cc(CP(C)(C)=O)c1.O=C(O)c1cc(CP(=O)(O)O)cc(C(=O)O)c1. The lowest BCUT2D eigenvalue weighted by atomic mass is 10.1. The molecule has 0 spiro atoms. The Morgan fingerprint density at radius 1 is 0.625 bits per heavy atom. The van der Waals surface area contributed by atoms with Gasteiger partial charge >= 0.3 is 19.5 Å². The molecular weight excluding hydrogens is 618 g/mol. The van der Waals surface area contributed by atoms with Crippen LogP contribution in [0, 0.1) is 27.7 Å². The van der Waals surface area contributed by atoms with Crippen molar-refractivity contribution in [3.05, 3.63) is 105 Å². The van der Waals surface area contributed by atoms with Crippen LogP contribution in [0.3, 0.4) is 0 Å². The Balaban J connectivity index is 0.000000311. The number of benzene rings is 3. The number of carbonyl (C=O) groups is 2. The van der Waals surface area contributed by atoms with Gasteiger partial charge in [0, 0.05) is 11.5 Å². The topological polar surface area (TPSA) is 149 Å². The van der Waals surface area contributed by atoms with Gasteiger partial charge in [-0.3, -0.25) is 4.57 Å². The standard InChI is InChI=1S/C11H17OP.C9H11Br.C9H9O7P/c1-9-5-10(2)7-11(6-9)8-13(3,4)12;1-7-3-8(2)5-9(4-7)6-10;10-8(11)6-1-5(4-17(14,15)16)2-7(3-6)9(12)13/h5-7H,8H2,1-4H3;3-5H,6H2,1-2H3;1-3H,4H2,(H,10,11)(H,12,13)(H2,14,15,16). The van der Waals surface area contributed by atoms with Crippen LogP contribution in [0.4, 0.5) is 0 Å². The zero-order valence-electron chi connectivity index (χ0n) is 23.5. The number of carboxylic acids is 2. The zero-order chi connectivity index (χ0) is 30.8. The van der Waals surface area contributed by atoms with Gasteiger partial charge in [-0.1, -0.05) is 74.6 Å². The molecule has 0 aromatic heterocycles. The van der Waals surface area contributed by atoms with E-state index in [1.807, 2.05) is 13.3 Å². The van der Waals surface area contributed by atoms with Crippen LogP contribution in [0.2, 0.25) is 0 Å². The summed E-state index contributed by atoms with van der Waals surface area (Å²) in [6.45, 7) is 12.1. The summed E-state index contributed by atoms with van der Waals surface area (Å²) in [7, 11) is -6.30. The molecule has 0 aliphatic heterocycles. The van der Waals surface area contributed by atoms with Crippen molar-refractivity contribution in [3.63, 3.8) is 0 Å². The van der Waals surface area contributed by atoms with E-state index in [0.717, 1.165) is 29.7 Å². The third-order valence-corrected chi connectivity index (χ3v) is 7.71. The normalized spacial score (nSPS) is 11.0. The van der Waals surface area contributed by atoms with Gasteiger partial charge in [-0.2, -0.15) is 0 Å². The first-order valence-electron chi connectivity index (χ1n) is 12.2. The highest BCUT2D eigenvalue weighted by atomic mass is 79.9. The lowest BCUT2D eigenvalue weighted by Crippen LogP contribution is -2.04. The number of hydrogen-bond donors (Lipinski definition) is 4. The molecule has 8 nitrogen and oxygen atoms in total. The van der Waals surface area contributed by atoms with Gasteiger partial charge in [0.05, 0.1) is 24.4 Å². The molecule has 11 heteroatoms. The summed E-state index contributed by atoms with van der Waals surface area (Å²) >= 11 is 3.43. The second-order valence-corrected chi connectivity index (χ2v) is 15.9. The Labute approximate surface area is 244 Å². The lowest BCUT2D eigenvalue weighted by molar-refractivity contribution is 0.0696. The first-order valence-corrected chi connectivity index (χ1v) is 17.9. The summed E-state index contributed by atoms with van der Waals surface area (Å²) < 4.78 is 22.4. The molecule has 0 atom stereocenters. The fourth-order valence-corrected chi connectivity index (χ4v) is 6.06. The number of halogens is 1. The average Bonchev–Trinajstić information content (AvgIpc) is 2.76. The molecule has 218 valence electrons. The first-order chi connectivity index (χ1) is 18.3. The Kier molecular flexibility index (Phi) is 13.7. The Morgan fingerprint density at radius 2 is 0.975 bits per heavy atom. The van der Waals surface area contributed by atoms with Crippen LogP contribution in [-0.2, 0) is 26.8 Å². The number of rotatable bonds is 7. The maximum Gasteiger partial charge on any atom is 0.335 e. The minimum Gasteiger partial charge on any atom is -0.478 e. The van der Waals surface area contributed by atoms with Crippen molar-refractivity contribution in [2.24, 2.45) is 0 Å². The summed E-state index contributed by atoms with van der Waals surface area (Å²) in [5, 5.41) is 18.4. The second kappa shape index (κ2) is 15.5. The van der Waals surface area contributed by atoms with Gasteiger partial charge in [0.1, 0.15) is 0 Å². The van der Waals surface area contributed by atoms with E-state index < -0.39 is 32.8 Å². The smallest absolute Gasteiger partial charge is 0.335 e. The Hall–Kier alpha value is -2.54. The monoisotopic (exact) mass is 654 g/mol. The van der Waals surface area contributed by atoms with Crippen LogP contribution >= 0.6 is 30.7 Å². The third-order valence-electron chi connectivity index (χ3n) is 5.16. The van der Waals surface area contributed by atoms with Crippen LogP contribution in [0.25, 0.3) is 0 Å². The molecular formula is C29H37BrO8P2. The minimum atomic E-state index is -4.37. The molecule has 3 aromatic carbocycles. The molecule has 0 saturated heterocycles. The van der Waals surface area contributed by atoms with Gasteiger partial charge < -0.3 is 24.6 Å². The molecule has 3 rings (SSSR count). The summed E-state index contributed by atoms with van der Waals surface area (Å²) in [6, 6.07) is 15.9. The van der Waals surface area contributed by atoms with Crippen molar-refractivity contribution >= 4 is 42.6 Å². The molecule has 0 amide bonds. The van der Waals surface area contributed by atoms with Crippen molar-refractivity contribution in [2.45, 2.75) is 45.3 Å². The zero-order valence-corrected chi connectivity index (χ0v) is 26.9. The molecule has 40 heavy (non-hydrogen) atoms. The molecule has 0 bridgehead atoms. The molecule has 0 aliphatic carbocycles. The van der Waals surface area contributed by atoms with Crippen LogP contribution in [0.15, 0.2) is 54.6 Å². The van der Waals surface area contributed by atoms with Gasteiger partial charge in [-0.05, 0) is 75.9 Å². The average molecular weight is 655 g/mol. The maximum absolute atomic E-state index is 11.6. The minimum absolute atomic E-state index is 0.0318. The second-order valence-electron chi connectivity index (χ2n) is 10.2. The lowest BCUT2D eigenvalue weighted by Gasteiger charge is -2.08. The molecule has 0 unspecified atom stereocenters. The van der Waals surface area contributed by atoms with E-state index in [4.69, 9.17) is 20.0 Å². The number of aryl methyl sites for hydroxylation is 4. The van der Waals surface area contributed by atoms with Gasteiger partial charge in [0.25, 0.3) is 0 Å². The fourth-order valence-electron chi connectivity index (χ4n) is 4.01. The molecule has 0 heterocycles. The summed E-state index contributed by atoms with van der Waals surface area (Å²) in [5.74, 6) is -2.72. The van der Waals surface area contributed by atoms with E-state index >= 15 is 0 Å². The van der Waals surface area contributed by atoms with E-state index in [1.165, 1.54) is 33.4 Å². The largest absolute Gasteiger partial charge is 0.478 e. The van der Waals surface area contributed by atoms with Crippen LogP contribution in [0.1, 0.15) is 59.7 Å². The van der Waals surface area contributed by atoms with E-state index in [2.05, 4.69) is 80.0 Å². The number of alkyl halides is 1. The molecule has 0 aliphatic rings. The molecule has 4 N–H and O–H groups in total. The van der Waals surface area contributed by atoms with E-state index in [-0.39, 0.29) is 16.7 Å². The predicted molar refractivity (Wildman–Crippen MR) is 164 cm³/mol. The van der Waals surface area contributed by atoms with Crippen molar-refractivity contribution < 1.29 is 38.7 Å². The highest BCUT2D eigenvalue weighted by Gasteiger charge is 2.18. The summed E-state index contributed by atoms with van der Waals surface area (Å²) in [6.07, 6.45) is 0.0178. The molecule has 0 saturated carbocycles. The van der Waals surface area contributed by atoms with E-state index in [1.54, 1.807) is 0 Å². The quantitative estimate of drug-likeness (QED) is 0.152. The van der Waals surface area contributed by atoms with Crippen LogP contribution < -0.4 is 0 Å². The van der Waals surface area contributed by atoms with Crippen molar-refractivity contribution in [1.29, 1.82) is 0 Å².